The van der Waals surface area contributed by atoms with Crippen LogP contribution in [0.15, 0.2) is 53.9 Å². The van der Waals surface area contributed by atoms with E-state index >= 15 is 0 Å². The number of thiophene rings is 1. The van der Waals surface area contributed by atoms with Gasteiger partial charge >= 0.3 is 0 Å². The van der Waals surface area contributed by atoms with Crippen LogP contribution in [0.4, 0.5) is 5.69 Å². The fraction of sp³-hybridized carbons (Fsp3) is 0.240. The van der Waals surface area contributed by atoms with E-state index in [9.17, 15) is 9.59 Å². The molecule has 0 saturated heterocycles. The lowest BCUT2D eigenvalue weighted by molar-refractivity contribution is -0.133. The summed E-state index contributed by atoms with van der Waals surface area (Å²) in [7, 11) is 0. The molecule has 4 aromatic rings. The zero-order valence-electron chi connectivity index (χ0n) is 17.8. The number of hydrogen-bond donors (Lipinski definition) is 1. The number of rotatable bonds is 5. The first kappa shape index (κ1) is 20.8. The number of carbonyl (C=O) groups excluding carboxylic acids is 2. The third-order valence-electron chi connectivity index (χ3n) is 5.69. The normalized spacial score (nSPS) is 13.2. The molecule has 2 amide bonds. The average Bonchev–Trinajstić information content (AvgIpc) is 3.44. The Balaban J connectivity index is 1.15. The standard InChI is InChI=1S/C25H23N3O2S2/c1-16-2-7-20-22(14-16)32-25(27-20)17-3-5-19(6-4-17)26-23(29)8-9-24(30)28-12-10-21-18(15-28)11-13-31-21/h2-7,11,13-14H,8-10,12,15H2,1H3,(H,26,29). The Bertz CT molecular complexity index is 1290. The largest absolute Gasteiger partial charge is 0.338 e. The zero-order valence-corrected chi connectivity index (χ0v) is 19.4. The van der Waals surface area contributed by atoms with Gasteiger partial charge in [-0.05, 0) is 72.3 Å². The molecule has 0 fully saturated rings. The summed E-state index contributed by atoms with van der Waals surface area (Å²) in [4.78, 5) is 32.8. The molecular weight excluding hydrogens is 438 g/mol. The maximum Gasteiger partial charge on any atom is 0.224 e. The topological polar surface area (TPSA) is 62.3 Å². The molecule has 0 radical (unpaired) electrons. The van der Waals surface area contributed by atoms with Crippen LogP contribution in [0.3, 0.4) is 0 Å². The summed E-state index contributed by atoms with van der Waals surface area (Å²) in [5.41, 5.74) is 5.21. The zero-order chi connectivity index (χ0) is 22.1. The van der Waals surface area contributed by atoms with Crippen molar-refractivity contribution in [3.05, 3.63) is 69.9 Å². The van der Waals surface area contributed by atoms with Gasteiger partial charge in [0, 0.05) is 42.1 Å². The predicted octanol–water partition coefficient (Wildman–Crippen LogP) is 5.64. The van der Waals surface area contributed by atoms with E-state index in [0.29, 0.717) is 6.54 Å². The van der Waals surface area contributed by atoms with E-state index < -0.39 is 0 Å². The fourth-order valence-electron chi connectivity index (χ4n) is 3.91. The molecule has 7 heteroatoms. The molecule has 1 aliphatic rings. The van der Waals surface area contributed by atoms with E-state index in [4.69, 9.17) is 4.98 Å². The van der Waals surface area contributed by atoms with Crippen molar-refractivity contribution in [1.29, 1.82) is 0 Å². The van der Waals surface area contributed by atoms with Gasteiger partial charge < -0.3 is 10.2 Å². The lowest BCUT2D eigenvalue weighted by Gasteiger charge is -2.27. The van der Waals surface area contributed by atoms with Crippen LogP contribution in [-0.4, -0.2) is 28.2 Å². The van der Waals surface area contributed by atoms with E-state index in [-0.39, 0.29) is 24.7 Å². The molecular formula is C25H23N3O2S2. The third-order valence-corrected chi connectivity index (χ3v) is 7.78. The molecule has 0 unspecified atom stereocenters. The Labute approximate surface area is 194 Å². The predicted molar refractivity (Wildman–Crippen MR) is 131 cm³/mol. The lowest BCUT2D eigenvalue weighted by Crippen LogP contribution is -2.35. The average molecular weight is 462 g/mol. The van der Waals surface area contributed by atoms with E-state index in [1.165, 1.54) is 20.7 Å². The Morgan fingerprint density at radius 2 is 1.94 bits per heavy atom. The van der Waals surface area contributed by atoms with Gasteiger partial charge in [-0.3, -0.25) is 9.59 Å². The maximum atomic E-state index is 12.5. The van der Waals surface area contributed by atoms with Gasteiger partial charge in [0.2, 0.25) is 11.8 Å². The number of thiazole rings is 1. The van der Waals surface area contributed by atoms with Gasteiger partial charge in [-0.1, -0.05) is 6.07 Å². The van der Waals surface area contributed by atoms with Crippen LogP contribution in [-0.2, 0) is 22.6 Å². The minimum atomic E-state index is -0.144. The number of amides is 2. The number of aromatic nitrogens is 1. The van der Waals surface area contributed by atoms with E-state index in [2.05, 4.69) is 35.8 Å². The summed E-state index contributed by atoms with van der Waals surface area (Å²) < 4.78 is 1.17. The highest BCUT2D eigenvalue weighted by Gasteiger charge is 2.21. The number of carbonyl (C=O) groups is 2. The molecule has 162 valence electrons. The Hall–Kier alpha value is -3.03. The van der Waals surface area contributed by atoms with Crippen LogP contribution < -0.4 is 5.32 Å². The summed E-state index contributed by atoms with van der Waals surface area (Å²) in [6.07, 6.45) is 1.32. The van der Waals surface area contributed by atoms with E-state index in [0.717, 1.165) is 34.7 Å². The molecule has 0 atom stereocenters. The van der Waals surface area contributed by atoms with Crippen LogP contribution in [0.25, 0.3) is 20.8 Å². The first-order chi connectivity index (χ1) is 15.5. The van der Waals surface area contributed by atoms with Crippen molar-refractivity contribution in [2.45, 2.75) is 32.7 Å². The van der Waals surface area contributed by atoms with E-state index in [1.807, 2.05) is 35.2 Å². The van der Waals surface area contributed by atoms with Gasteiger partial charge in [-0.2, -0.15) is 0 Å². The number of hydrogen-bond acceptors (Lipinski definition) is 5. The highest BCUT2D eigenvalue weighted by atomic mass is 32.1. The van der Waals surface area contributed by atoms with Crippen molar-refractivity contribution in [2.75, 3.05) is 11.9 Å². The van der Waals surface area contributed by atoms with Crippen LogP contribution in [0, 0.1) is 6.92 Å². The summed E-state index contributed by atoms with van der Waals surface area (Å²) in [6.45, 7) is 3.47. The molecule has 0 aliphatic carbocycles. The number of aryl methyl sites for hydroxylation is 1. The number of nitrogens with zero attached hydrogens (tertiary/aromatic N) is 2. The van der Waals surface area contributed by atoms with Crippen LogP contribution in [0.5, 0.6) is 0 Å². The van der Waals surface area contributed by atoms with Gasteiger partial charge in [-0.25, -0.2) is 4.98 Å². The third kappa shape index (κ3) is 4.45. The Morgan fingerprint density at radius 3 is 2.78 bits per heavy atom. The Morgan fingerprint density at radius 1 is 1.09 bits per heavy atom. The highest BCUT2D eigenvalue weighted by molar-refractivity contribution is 7.21. The van der Waals surface area contributed by atoms with Crippen molar-refractivity contribution in [1.82, 2.24) is 9.88 Å². The van der Waals surface area contributed by atoms with Crippen molar-refractivity contribution >= 4 is 50.4 Å². The van der Waals surface area contributed by atoms with Gasteiger partial charge in [0.15, 0.2) is 0 Å². The molecule has 2 aromatic heterocycles. The molecule has 1 aliphatic heterocycles. The first-order valence-electron chi connectivity index (χ1n) is 10.7. The molecule has 0 bridgehead atoms. The smallest absolute Gasteiger partial charge is 0.224 e. The van der Waals surface area contributed by atoms with Crippen LogP contribution in [0.1, 0.15) is 28.8 Å². The number of anilines is 1. The summed E-state index contributed by atoms with van der Waals surface area (Å²) in [5, 5.41) is 5.94. The highest BCUT2D eigenvalue weighted by Crippen LogP contribution is 2.31. The summed E-state index contributed by atoms with van der Waals surface area (Å²) in [6, 6.07) is 16.1. The van der Waals surface area contributed by atoms with Crippen molar-refractivity contribution in [3.63, 3.8) is 0 Å². The molecule has 0 spiro atoms. The molecule has 5 rings (SSSR count). The number of benzene rings is 2. The maximum absolute atomic E-state index is 12.5. The fourth-order valence-corrected chi connectivity index (χ4v) is 5.87. The van der Waals surface area contributed by atoms with Crippen molar-refractivity contribution in [3.8, 4) is 10.6 Å². The van der Waals surface area contributed by atoms with Gasteiger partial charge in [0.05, 0.1) is 10.2 Å². The quantitative estimate of drug-likeness (QED) is 0.419. The van der Waals surface area contributed by atoms with Crippen molar-refractivity contribution < 1.29 is 9.59 Å². The molecule has 0 saturated carbocycles. The number of nitrogens with one attached hydrogen (secondary N) is 1. The Kier molecular flexibility index (Phi) is 5.76. The van der Waals surface area contributed by atoms with Crippen LogP contribution in [0.2, 0.25) is 0 Å². The van der Waals surface area contributed by atoms with Crippen molar-refractivity contribution in [2.24, 2.45) is 0 Å². The molecule has 3 heterocycles. The molecule has 1 N–H and O–H groups in total. The monoisotopic (exact) mass is 461 g/mol. The SMILES string of the molecule is Cc1ccc2nc(-c3ccc(NC(=O)CCC(=O)N4CCc5sccc5C4)cc3)sc2c1. The molecule has 5 nitrogen and oxygen atoms in total. The first-order valence-corrected chi connectivity index (χ1v) is 12.4. The van der Waals surface area contributed by atoms with Gasteiger partial charge in [-0.15, -0.1) is 22.7 Å². The minimum absolute atomic E-state index is 0.0402. The summed E-state index contributed by atoms with van der Waals surface area (Å²) >= 11 is 3.42. The van der Waals surface area contributed by atoms with Crippen LogP contribution >= 0.6 is 22.7 Å². The molecule has 32 heavy (non-hydrogen) atoms. The minimum Gasteiger partial charge on any atom is -0.338 e. The second-order valence-corrected chi connectivity index (χ2v) is 10.1. The number of fused-ring (bicyclic) bond motifs is 2. The lowest BCUT2D eigenvalue weighted by atomic mass is 10.1. The van der Waals surface area contributed by atoms with Gasteiger partial charge in [0.1, 0.15) is 5.01 Å². The van der Waals surface area contributed by atoms with Gasteiger partial charge in [0.25, 0.3) is 0 Å². The second kappa shape index (κ2) is 8.84. The molecule has 2 aromatic carbocycles. The second-order valence-electron chi connectivity index (χ2n) is 8.05. The summed E-state index contributed by atoms with van der Waals surface area (Å²) in [5.74, 6) is -0.104. The van der Waals surface area contributed by atoms with E-state index in [1.54, 1.807) is 22.7 Å².